The van der Waals surface area contributed by atoms with Gasteiger partial charge < -0.3 is 10.1 Å². The molecule has 0 bridgehead atoms. The molecule has 1 atom stereocenters. The maximum Gasteiger partial charge on any atom is 0.451 e. The Labute approximate surface area is 207 Å². The smallest absolute Gasteiger partial charge is 0.444 e. The molecule has 0 aliphatic carbocycles. The van der Waals surface area contributed by atoms with Gasteiger partial charge in [-0.3, -0.25) is 14.7 Å². The molecule has 1 N–H and O–H groups in total. The van der Waals surface area contributed by atoms with Crippen molar-refractivity contribution >= 4 is 23.6 Å². The molecule has 0 unspecified atom stereocenters. The van der Waals surface area contributed by atoms with Gasteiger partial charge in [-0.05, 0) is 45.2 Å². The lowest BCUT2D eigenvalue weighted by atomic mass is 10.1. The number of rotatable bonds is 4. The summed E-state index contributed by atoms with van der Waals surface area (Å²) >= 11 is 6.19. The quantitative estimate of drug-likeness (QED) is 0.597. The lowest BCUT2D eigenvalue weighted by molar-refractivity contribution is -0.145. The lowest BCUT2D eigenvalue weighted by Crippen LogP contribution is -2.47. The molecule has 3 rings (SSSR count). The molecule has 1 aliphatic heterocycles. The monoisotopic (exact) mass is 515 g/mol. The number of aromatic nitrogens is 3. The molecule has 1 aliphatic rings. The van der Waals surface area contributed by atoms with Crippen LogP contribution in [-0.4, -0.2) is 50.0 Å². The number of alkyl halides is 3. The summed E-state index contributed by atoms with van der Waals surface area (Å²) < 4.78 is 43.4. The standard InChI is InChI=1S/C21H23ClF3N5O3.C2H6/c1-20(2,3)33-19(32)30-6-4-5-16(30)17(31)27-8-12-7-15(26-11-14(12)22)13-9-28-18(29-10-13)21(23,24)25;1-2/h7,9-11,16H,4-6,8H2,1-3H3,(H,27,31);1-2H3/t16-;/m0./s1. The molecule has 2 aromatic rings. The Kier molecular flexibility index (Phi) is 9.42. The minimum Gasteiger partial charge on any atom is -0.444 e. The first kappa shape index (κ1) is 28.3. The number of ether oxygens (including phenoxy) is 1. The first-order valence-electron chi connectivity index (χ1n) is 11.2. The van der Waals surface area contributed by atoms with Crippen LogP contribution in [0.3, 0.4) is 0 Å². The first-order valence-corrected chi connectivity index (χ1v) is 11.5. The summed E-state index contributed by atoms with van der Waals surface area (Å²) in [6.45, 7) is 9.71. The van der Waals surface area contributed by atoms with E-state index >= 15 is 0 Å². The summed E-state index contributed by atoms with van der Waals surface area (Å²) in [5, 5.41) is 3.02. The second kappa shape index (κ2) is 11.7. The summed E-state index contributed by atoms with van der Waals surface area (Å²) in [6, 6.07) is 0.873. The highest BCUT2D eigenvalue weighted by atomic mass is 35.5. The fourth-order valence-corrected chi connectivity index (χ4v) is 3.43. The molecule has 2 aromatic heterocycles. The van der Waals surface area contributed by atoms with Crippen molar-refractivity contribution in [3.63, 3.8) is 0 Å². The van der Waals surface area contributed by atoms with E-state index in [0.717, 1.165) is 12.4 Å². The summed E-state index contributed by atoms with van der Waals surface area (Å²) in [5.74, 6) is -1.61. The van der Waals surface area contributed by atoms with E-state index in [1.54, 1.807) is 20.8 Å². The zero-order chi connectivity index (χ0) is 26.4. The second-order valence-corrected chi connectivity index (χ2v) is 8.91. The van der Waals surface area contributed by atoms with Crippen LogP contribution in [0.25, 0.3) is 11.3 Å². The molecular weight excluding hydrogens is 487 g/mol. The Morgan fingerprint density at radius 3 is 2.34 bits per heavy atom. The van der Waals surface area contributed by atoms with E-state index in [-0.39, 0.29) is 23.0 Å². The minimum absolute atomic E-state index is 0.0351. The van der Waals surface area contributed by atoms with Gasteiger partial charge in [0.1, 0.15) is 11.6 Å². The molecule has 0 aromatic carbocycles. The molecule has 0 spiro atoms. The molecule has 12 heteroatoms. The Balaban J connectivity index is 0.00000210. The number of amides is 2. The number of carbonyl (C=O) groups is 2. The van der Waals surface area contributed by atoms with Crippen LogP contribution in [0.4, 0.5) is 18.0 Å². The highest BCUT2D eigenvalue weighted by Crippen LogP contribution is 2.28. The first-order chi connectivity index (χ1) is 16.3. The van der Waals surface area contributed by atoms with Crippen LogP contribution in [0.1, 0.15) is 58.8 Å². The maximum atomic E-state index is 12.8. The fourth-order valence-electron chi connectivity index (χ4n) is 3.26. The average molecular weight is 516 g/mol. The molecule has 1 fully saturated rings. The van der Waals surface area contributed by atoms with Gasteiger partial charge in [0.2, 0.25) is 11.7 Å². The predicted octanol–water partition coefficient (Wildman–Crippen LogP) is 5.25. The molecule has 35 heavy (non-hydrogen) atoms. The third-order valence-electron chi connectivity index (χ3n) is 4.77. The Morgan fingerprint density at radius 1 is 1.14 bits per heavy atom. The molecule has 8 nitrogen and oxygen atoms in total. The van der Waals surface area contributed by atoms with E-state index in [4.69, 9.17) is 16.3 Å². The van der Waals surface area contributed by atoms with Crippen LogP contribution in [0, 0.1) is 0 Å². The third-order valence-corrected chi connectivity index (χ3v) is 5.11. The van der Waals surface area contributed by atoms with Crippen molar-refractivity contribution in [1.82, 2.24) is 25.2 Å². The number of hydrogen-bond acceptors (Lipinski definition) is 6. The van der Waals surface area contributed by atoms with Gasteiger partial charge in [-0.25, -0.2) is 14.8 Å². The summed E-state index contributed by atoms with van der Waals surface area (Å²) in [7, 11) is 0. The molecule has 192 valence electrons. The topological polar surface area (TPSA) is 97.3 Å². The van der Waals surface area contributed by atoms with Gasteiger partial charge in [0.15, 0.2) is 0 Å². The van der Waals surface area contributed by atoms with Gasteiger partial charge in [-0.1, -0.05) is 25.4 Å². The number of nitrogens with zero attached hydrogens (tertiary/aromatic N) is 4. The number of pyridine rings is 1. The SMILES string of the molecule is CC.CC(C)(C)OC(=O)N1CCC[C@H]1C(=O)NCc1cc(-c2cnc(C(F)(F)F)nc2)ncc1Cl. The predicted molar refractivity (Wildman–Crippen MR) is 124 cm³/mol. The van der Waals surface area contributed by atoms with E-state index in [1.165, 1.54) is 17.2 Å². The Bertz CT molecular complexity index is 1030. The normalized spacial score (nSPS) is 15.8. The number of halogens is 4. The van der Waals surface area contributed by atoms with Crippen molar-refractivity contribution < 1.29 is 27.5 Å². The van der Waals surface area contributed by atoms with Crippen LogP contribution in [0.5, 0.6) is 0 Å². The van der Waals surface area contributed by atoms with Crippen LogP contribution >= 0.6 is 11.6 Å². The highest BCUT2D eigenvalue weighted by Gasteiger charge is 2.36. The Morgan fingerprint density at radius 2 is 1.77 bits per heavy atom. The molecule has 3 heterocycles. The minimum atomic E-state index is -4.64. The van der Waals surface area contributed by atoms with E-state index in [0.29, 0.717) is 30.6 Å². The van der Waals surface area contributed by atoms with E-state index < -0.39 is 29.7 Å². The zero-order valence-corrected chi connectivity index (χ0v) is 21.0. The summed E-state index contributed by atoms with van der Waals surface area (Å²) in [4.78, 5) is 37.3. The van der Waals surface area contributed by atoms with Crippen LogP contribution in [-0.2, 0) is 22.3 Å². The Hall–Kier alpha value is -2.95. The van der Waals surface area contributed by atoms with Gasteiger partial charge in [-0.2, -0.15) is 13.2 Å². The van der Waals surface area contributed by atoms with Gasteiger partial charge in [0, 0.05) is 37.2 Å². The number of carbonyl (C=O) groups excluding carboxylic acids is 2. The van der Waals surface area contributed by atoms with Crippen molar-refractivity contribution in [2.45, 2.75) is 71.8 Å². The number of nitrogens with one attached hydrogen (secondary N) is 1. The van der Waals surface area contributed by atoms with Crippen molar-refractivity contribution in [2.75, 3.05) is 6.54 Å². The van der Waals surface area contributed by atoms with Crippen LogP contribution < -0.4 is 5.32 Å². The van der Waals surface area contributed by atoms with Crippen LogP contribution in [0.15, 0.2) is 24.7 Å². The van der Waals surface area contributed by atoms with Crippen molar-refractivity contribution in [2.24, 2.45) is 0 Å². The number of likely N-dealkylation sites (tertiary alicyclic amines) is 1. The van der Waals surface area contributed by atoms with Crippen molar-refractivity contribution in [3.8, 4) is 11.3 Å². The molecule has 1 saturated heterocycles. The zero-order valence-electron chi connectivity index (χ0n) is 20.2. The van der Waals surface area contributed by atoms with Crippen molar-refractivity contribution in [3.05, 3.63) is 41.1 Å². The molecule has 0 saturated carbocycles. The van der Waals surface area contributed by atoms with Gasteiger partial charge in [-0.15, -0.1) is 0 Å². The van der Waals surface area contributed by atoms with E-state index in [9.17, 15) is 22.8 Å². The average Bonchev–Trinajstić information content (AvgIpc) is 3.28. The summed E-state index contributed by atoms with van der Waals surface area (Å²) in [5.41, 5.74) is 0.383. The van der Waals surface area contributed by atoms with E-state index in [2.05, 4.69) is 20.3 Å². The number of hydrogen-bond donors (Lipinski definition) is 1. The lowest BCUT2D eigenvalue weighted by Gasteiger charge is -2.28. The van der Waals surface area contributed by atoms with Gasteiger partial charge >= 0.3 is 12.3 Å². The second-order valence-electron chi connectivity index (χ2n) is 8.50. The van der Waals surface area contributed by atoms with Crippen molar-refractivity contribution in [1.29, 1.82) is 0 Å². The van der Waals surface area contributed by atoms with Crippen LogP contribution in [0.2, 0.25) is 5.02 Å². The summed E-state index contributed by atoms with van der Waals surface area (Å²) in [6.07, 6.45) is -0.647. The highest BCUT2D eigenvalue weighted by molar-refractivity contribution is 6.31. The van der Waals surface area contributed by atoms with E-state index in [1.807, 2.05) is 13.8 Å². The van der Waals surface area contributed by atoms with Gasteiger partial charge in [0.05, 0.1) is 10.7 Å². The van der Waals surface area contributed by atoms with Gasteiger partial charge in [0.25, 0.3) is 0 Å². The molecular formula is C23H29ClF3N5O3. The molecule has 2 amide bonds. The fraction of sp³-hybridized carbons (Fsp3) is 0.522. The maximum absolute atomic E-state index is 12.8. The molecule has 0 radical (unpaired) electrons. The largest absolute Gasteiger partial charge is 0.451 e. The third kappa shape index (κ3) is 7.78.